The van der Waals surface area contributed by atoms with Gasteiger partial charge in [-0.3, -0.25) is 9.59 Å². The second-order valence-corrected chi connectivity index (χ2v) is 13.6. The van der Waals surface area contributed by atoms with Crippen LogP contribution in [0.1, 0.15) is 20.7 Å². The van der Waals surface area contributed by atoms with Crippen molar-refractivity contribution in [1.29, 1.82) is 0 Å². The quantitative estimate of drug-likeness (QED) is 0.163. The van der Waals surface area contributed by atoms with Gasteiger partial charge in [-0.15, -0.1) is 0 Å². The number of imide groups is 1. The Bertz CT molecular complexity index is 2740. The summed E-state index contributed by atoms with van der Waals surface area (Å²) in [6, 6.07) is 65.1. The van der Waals surface area contributed by atoms with Crippen molar-refractivity contribution in [2.45, 2.75) is 0 Å². The molecule has 4 heteroatoms. The van der Waals surface area contributed by atoms with Gasteiger partial charge in [-0.25, -0.2) is 4.90 Å². The molecule has 0 spiro atoms. The average Bonchev–Trinajstić information content (AvgIpc) is 3.72. The largest absolute Gasteiger partial charge is 0.307 e. The number of nitrogens with zero attached hydrogens (tertiary/aromatic N) is 2. The zero-order valence-electron chi connectivity index (χ0n) is 29.2. The molecule has 0 N–H and O–H groups in total. The first-order chi connectivity index (χ1) is 26.7. The molecular weight excluding hydrogens is 661 g/mol. The van der Waals surface area contributed by atoms with Gasteiger partial charge in [-0.1, -0.05) is 182 Å². The molecule has 0 radical (unpaired) electrons. The highest BCUT2D eigenvalue weighted by Gasteiger charge is 2.41. The number of carbonyl (C=O) groups excluding carboxylic acids is 2. The molecule has 0 bridgehead atoms. The minimum atomic E-state index is -0.351. The van der Waals surface area contributed by atoms with Crippen LogP contribution in [0.2, 0.25) is 0 Å². The number of fused-ring (bicyclic) bond motifs is 4. The third-order valence-corrected chi connectivity index (χ3v) is 10.5. The van der Waals surface area contributed by atoms with Crippen LogP contribution >= 0.6 is 0 Å². The Labute approximate surface area is 312 Å². The zero-order valence-corrected chi connectivity index (χ0v) is 29.2. The molecule has 0 saturated carbocycles. The van der Waals surface area contributed by atoms with Gasteiger partial charge in [-0.2, -0.15) is 0 Å². The maximum absolute atomic E-state index is 15.4. The van der Waals surface area contributed by atoms with E-state index in [0.717, 1.165) is 66.3 Å². The molecule has 0 atom stereocenters. The number of amides is 2. The lowest BCUT2D eigenvalue weighted by atomic mass is 9.95. The number of para-hydroxylation sites is 3. The molecule has 9 aromatic rings. The Morgan fingerprint density at radius 2 is 0.685 bits per heavy atom. The van der Waals surface area contributed by atoms with Crippen molar-refractivity contribution in [3.63, 3.8) is 0 Å². The van der Waals surface area contributed by atoms with Crippen LogP contribution in [-0.4, -0.2) is 16.4 Å². The Balaban J connectivity index is 1.28. The van der Waals surface area contributed by atoms with E-state index in [-0.39, 0.29) is 11.8 Å². The van der Waals surface area contributed by atoms with Crippen LogP contribution in [0, 0.1) is 0 Å². The highest BCUT2D eigenvalue weighted by atomic mass is 16.2. The van der Waals surface area contributed by atoms with E-state index >= 15 is 4.79 Å². The molecule has 0 fully saturated rings. The van der Waals surface area contributed by atoms with Gasteiger partial charge < -0.3 is 4.57 Å². The van der Waals surface area contributed by atoms with Crippen LogP contribution < -0.4 is 4.90 Å². The van der Waals surface area contributed by atoms with E-state index in [1.807, 2.05) is 127 Å². The second-order valence-electron chi connectivity index (χ2n) is 13.6. The smallest absolute Gasteiger partial charge is 0.268 e. The molecule has 254 valence electrons. The highest BCUT2D eigenvalue weighted by molar-refractivity contribution is 6.37. The van der Waals surface area contributed by atoms with Crippen LogP contribution in [0.3, 0.4) is 0 Å². The third-order valence-electron chi connectivity index (χ3n) is 10.5. The molecular formula is C50H32N2O2. The highest BCUT2D eigenvalue weighted by Crippen LogP contribution is 2.46. The van der Waals surface area contributed by atoms with E-state index in [0.29, 0.717) is 22.5 Å². The Kier molecular flexibility index (Phi) is 7.41. The lowest BCUT2D eigenvalue weighted by Crippen LogP contribution is -2.30. The minimum absolute atomic E-state index is 0.343. The molecule has 1 aliphatic heterocycles. The third kappa shape index (κ3) is 4.85. The standard InChI is InChI=1S/C50H32N2O2/c53-49-43-31-16-32-44(45(43)50(54)52(49)46-37(33-17-5-1-6-18-33)25-13-26-38(46)34-19-7-2-8-20-34)51-47-39(35-21-9-3-10-22-35)27-14-29-41(47)42-30-15-28-40(48(42)51)36-23-11-4-12-24-36/h1-32H. The van der Waals surface area contributed by atoms with E-state index in [1.165, 1.54) is 4.90 Å². The van der Waals surface area contributed by atoms with Crippen molar-refractivity contribution < 1.29 is 9.59 Å². The molecule has 2 heterocycles. The Morgan fingerprint density at radius 1 is 0.315 bits per heavy atom. The summed E-state index contributed by atoms with van der Waals surface area (Å²) in [7, 11) is 0. The predicted molar refractivity (Wildman–Crippen MR) is 220 cm³/mol. The van der Waals surface area contributed by atoms with Gasteiger partial charge in [0.15, 0.2) is 0 Å². The average molecular weight is 693 g/mol. The van der Waals surface area contributed by atoms with Gasteiger partial charge in [0.25, 0.3) is 11.8 Å². The number of aromatic nitrogens is 1. The van der Waals surface area contributed by atoms with E-state index in [4.69, 9.17) is 0 Å². The van der Waals surface area contributed by atoms with Gasteiger partial charge >= 0.3 is 0 Å². The predicted octanol–water partition coefficient (Wildman–Crippen LogP) is 12.3. The number of hydrogen-bond donors (Lipinski definition) is 0. The normalized spacial score (nSPS) is 12.5. The van der Waals surface area contributed by atoms with E-state index in [9.17, 15) is 4.79 Å². The summed E-state index contributed by atoms with van der Waals surface area (Å²) >= 11 is 0. The summed E-state index contributed by atoms with van der Waals surface area (Å²) in [4.78, 5) is 31.7. The first kappa shape index (κ1) is 31.4. The molecule has 8 aromatic carbocycles. The van der Waals surface area contributed by atoms with Crippen LogP contribution in [-0.2, 0) is 0 Å². The van der Waals surface area contributed by atoms with Crippen LogP contribution in [0.4, 0.5) is 5.69 Å². The lowest BCUT2D eigenvalue weighted by Gasteiger charge is -2.23. The number of rotatable bonds is 6. The molecule has 1 aromatic heterocycles. The fraction of sp³-hybridized carbons (Fsp3) is 0. The van der Waals surface area contributed by atoms with Gasteiger partial charge in [0.1, 0.15) is 0 Å². The summed E-state index contributed by atoms with van der Waals surface area (Å²) in [5.74, 6) is -0.694. The fourth-order valence-corrected chi connectivity index (χ4v) is 8.20. The molecule has 10 rings (SSSR count). The maximum atomic E-state index is 15.4. The van der Waals surface area contributed by atoms with Crippen molar-refractivity contribution in [3.8, 4) is 50.2 Å². The summed E-state index contributed by atoms with van der Waals surface area (Å²) < 4.78 is 2.23. The topological polar surface area (TPSA) is 42.3 Å². The fourth-order valence-electron chi connectivity index (χ4n) is 8.20. The SMILES string of the molecule is O=C1c2cccc(-n3c4c(-c5ccccc5)cccc4c4cccc(-c5ccccc5)c43)c2C(=O)N1c1c(-c2ccccc2)cccc1-c1ccccc1. The van der Waals surface area contributed by atoms with Gasteiger partial charge in [-0.05, 0) is 34.4 Å². The minimum Gasteiger partial charge on any atom is -0.307 e. The molecule has 2 amide bonds. The first-order valence-corrected chi connectivity index (χ1v) is 18.1. The summed E-state index contributed by atoms with van der Waals surface area (Å²) in [5, 5.41) is 2.13. The number of anilines is 1. The summed E-state index contributed by atoms with van der Waals surface area (Å²) in [5.41, 5.74) is 11.6. The lowest BCUT2D eigenvalue weighted by molar-refractivity contribution is 0.0926. The van der Waals surface area contributed by atoms with E-state index in [1.54, 1.807) is 6.07 Å². The van der Waals surface area contributed by atoms with Crippen LogP contribution in [0.15, 0.2) is 194 Å². The zero-order chi connectivity index (χ0) is 36.2. The molecule has 0 unspecified atom stereocenters. The van der Waals surface area contributed by atoms with Crippen molar-refractivity contribution in [2.75, 3.05) is 4.90 Å². The van der Waals surface area contributed by atoms with Gasteiger partial charge in [0, 0.05) is 33.0 Å². The van der Waals surface area contributed by atoms with Crippen molar-refractivity contribution in [1.82, 2.24) is 4.57 Å². The number of benzene rings is 8. The number of hydrogen-bond acceptors (Lipinski definition) is 2. The van der Waals surface area contributed by atoms with Crippen molar-refractivity contribution >= 4 is 39.3 Å². The Hall–Kier alpha value is -7.30. The molecule has 54 heavy (non-hydrogen) atoms. The maximum Gasteiger partial charge on any atom is 0.268 e. The Morgan fingerprint density at radius 3 is 1.15 bits per heavy atom. The number of carbonyl (C=O) groups is 2. The second kappa shape index (κ2) is 12.7. The molecule has 0 aliphatic carbocycles. The first-order valence-electron chi connectivity index (χ1n) is 18.1. The van der Waals surface area contributed by atoms with Crippen LogP contribution in [0.5, 0.6) is 0 Å². The van der Waals surface area contributed by atoms with Gasteiger partial charge in [0.2, 0.25) is 0 Å². The van der Waals surface area contributed by atoms with Crippen molar-refractivity contribution in [3.05, 3.63) is 205 Å². The van der Waals surface area contributed by atoms with Crippen molar-refractivity contribution in [2.24, 2.45) is 0 Å². The van der Waals surface area contributed by atoms with E-state index in [2.05, 4.69) is 65.2 Å². The molecule has 0 saturated heterocycles. The summed E-state index contributed by atoms with van der Waals surface area (Å²) in [6.07, 6.45) is 0. The van der Waals surface area contributed by atoms with E-state index < -0.39 is 0 Å². The molecule has 4 nitrogen and oxygen atoms in total. The monoisotopic (exact) mass is 692 g/mol. The summed E-state index contributed by atoms with van der Waals surface area (Å²) in [6.45, 7) is 0. The van der Waals surface area contributed by atoms with Crippen LogP contribution in [0.25, 0.3) is 72.0 Å². The molecule has 1 aliphatic rings. The van der Waals surface area contributed by atoms with Gasteiger partial charge in [0.05, 0.1) is 33.5 Å².